The van der Waals surface area contributed by atoms with E-state index in [1.54, 1.807) is 23.0 Å². The van der Waals surface area contributed by atoms with Gasteiger partial charge in [-0.1, -0.05) is 12.1 Å². The lowest BCUT2D eigenvalue weighted by atomic mass is 10.1. The summed E-state index contributed by atoms with van der Waals surface area (Å²) >= 11 is 0. The van der Waals surface area contributed by atoms with Crippen LogP contribution in [0, 0.1) is 21.4 Å². The number of nitriles is 1. The first-order valence-electron chi connectivity index (χ1n) is 8.92. The van der Waals surface area contributed by atoms with Gasteiger partial charge < -0.3 is 4.90 Å². The summed E-state index contributed by atoms with van der Waals surface area (Å²) < 4.78 is 1.79. The number of hydrogen-bond donors (Lipinski definition) is 0. The highest BCUT2D eigenvalue weighted by Gasteiger charge is 2.13. The van der Waals surface area contributed by atoms with E-state index in [0.717, 1.165) is 29.6 Å². The first-order chi connectivity index (χ1) is 13.5. The molecule has 0 fully saturated rings. The largest absolute Gasteiger partial charge is 0.308 e. The van der Waals surface area contributed by atoms with E-state index in [-0.39, 0.29) is 5.69 Å². The minimum absolute atomic E-state index is 0.0567. The van der Waals surface area contributed by atoms with Gasteiger partial charge in [0.1, 0.15) is 0 Å². The van der Waals surface area contributed by atoms with Crippen molar-refractivity contribution in [1.82, 2.24) is 19.6 Å². The second kappa shape index (κ2) is 8.61. The second-order valence-corrected chi connectivity index (χ2v) is 6.95. The first kappa shape index (κ1) is 19.5. The molecule has 0 aliphatic rings. The van der Waals surface area contributed by atoms with Crippen molar-refractivity contribution in [1.29, 1.82) is 5.26 Å². The molecule has 3 aromatic rings. The fourth-order valence-corrected chi connectivity index (χ4v) is 2.96. The van der Waals surface area contributed by atoms with Crippen LogP contribution in [0.3, 0.4) is 0 Å². The lowest BCUT2D eigenvalue weighted by Crippen LogP contribution is -2.33. The number of hydrogen-bond acceptors (Lipinski definition) is 6. The van der Waals surface area contributed by atoms with Gasteiger partial charge in [0.25, 0.3) is 5.69 Å². The molecule has 28 heavy (non-hydrogen) atoms. The predicted molar refractivity (Wildman–Crippen MR) is 107 cm³/mol. The smallest absolute Gasteiger partial charge is 0.271 e. The molecule has 2 aromatic carbocycles. The number of nitrogens with zero attached hydrogens (tertiary/aromatic N) is 6. The van der Waals surface area contributed by atoms with Crippen molar-refractivity contribution in [3.05, 3.63) is 69.9 Å². The summed E-state index contributed by atoms with van der Waals surface area (Å²) in [5.74, 6) is 0. The number of rotatable bonds is 8. The predicted octanol–water partition coefficient (Wildman–Crippen LogP) is 2.84. The third-order valence-corrected chi connectivity index (χ3v) is 4.53. The van der Waals surface area contributed by atoms with Crippen LogP contribution in [-0.4, -0.2) is 51.7 Å². The van der Waals surface area contributed by atoms with Gasteiger partial charge in [-0.25, -0.2) is 0 Å². The number of nitro groups is 1. The summed E-state index contributed by atoms with van der Waals surface area (Å²) in [6.45, 7) is 2.88. The number of non-ortho nitro benzene ring substituents is 1. The van der Waals surface area contributed by atoms with Crippen molar-refractivity contribution in [2.75, 3.05) is 27.2 Å². The molecule has 0 radical (unpaired) electrons. The molecule has 0 amide bonds. The monoisotopic (exact) mass is 378 g/mol. The summed E-state index contributed by atoms with van der Waals surface area (Å²) in [5, 5.41) is 25.4. The van der Waals surface area contributed by atoms with Gasteiger partial charge in [-0.3, -0.25) is 19.7 Å². The van der Waals surface area contributed by atoms with Gasteiger partial charge in [0.2, 0.25) is 0 Å². The van der Waals surface area contributed by atoms with Crippen molar-refractivity contribution >= 4 is 16.6 Å². The average Bonchev–Trinajstić information content (AvgIpc) is 3.08. The highest BCUT2D eigenvalue weighted by molar-refractivity contribution is 5.80. The molecule has 8 nitrogen and oxygen atoms in total. The third kappa shape index (κ3) is 4.71. The Hall–Kier alpha value is -3.28. The van der Waals surface area contributed by atoms with E-state index in [1.807, 2.05) is 38.4 Å². The Balaban J connectivity index is 1.84. The van der Waals surface area contributed by atoms with Crippen molar-refractivity contribution in [3.8, 4) is 6.07 Å². The number of fused-ring (bicyclic) bond motifs is 1. The van der Waals surface area contributed by atoms with E-state index in [2.05, 4.69) is 21.0 Å². The Morgan fingerprint density at radius 2 is 1.93 bits per heavy atom. The quantitative estimate of drug-likeness (QED) is 0.442. The maximum atomic E-state index is 11.1. The third-order valence-electron chi connectivity index (χ3n) is 4.53. The van der Waals surface area contributed by atoms with E-state index in [9.17, 15) is 10.1 Å². The summed E-state index contributed by atoms with van der Waals surface area (Å²) in [6, 6.07) is 14.4. The molecule has 1 aromatic heterocycles. The van der Waals surface area contributed by atoms with Crippen LogP contribution in [0.2, 0.25) is 0 Å². The van der Waals surface area contributed by atoms with Crippen molar-refractivity contribution < 1.29 is 4.92 Å². The SMILES string of the molecule is CN(C)CCN(Cc1ccc(C#N)cc1)Cn1ncc2ccc([N+](=O)[O-])cc21. The van der Waals surface area contributed by atoms with Crippen LogP contribution in [-0.2, 0) is 13.2 Å². The molecule has 0 saturated carbocycles. The van der Waals surface area contributed by atoms with E-state index in [1.165, 1.54) is 6.07 Å². The van der Waals surface area contributed by atoms with Crippen LogP contribution in [0.25, 0.3) is 10.9 Å². The van der Waals surface area contributed by atoms with Crippen LogP contribution in [0.15, 0.2) is 48.7 Å². The number of aromatic nitrogens is 2. The van der Waals surface area contributed by atoms with Crippen molar-refractivity contribution in [3.63, 3.8) is 0 Å². The molecule has 0 N–H and O–H groups in total. The maximum Gasteiger partial charge on any atom is 0.271 e. The highest BCUT2D eigenvalue weighted by atomic mass is 16.6. The molecule has 1 heterocycles. The Morgan fingerprint density at radius 1 is 1.18 bits per heavy atom. The molecule has 0 unspecified atom stereocenters. The molecule has 0 bridgehead atoms. The number of likely N-dealkylation sites (N-methyl/N-ethyl adjacent to an activating group) is 1. The van der Waals surface area contributed by atoms with Crippen LogP contribution < -0.4 is 0 Å². The molecule has 3 rings (SSSR count). The van der Waals surface area contributed by atoms with E-state index < -0.39 is 4.92 Å². The zero-order valence-corrected chi connectivity index (χ0v) is 15.9. The fraction of sp³-hybridized carbons (Fsp3) is 0.300. The second-order valence-electron chi connectivity index (χ2n) is 6.95. The van der Waals surface area contributed by atoms with Crippen molar-refractivity contribution in [2.45, 2.75) is 13.2 Å². The lowest BCUT2D eigenvalue weighted by molar-refractivity contribution is -0.384. The van der Waals surface area contributed by atoms with Gasteiger partial charge in [0.05, 0.1) is 34.9 Å². The fourth-order valence-electron chi connectivity index (χ4n) is 2.96. The van der Waals surface area contributed by atoms with Gasteiger partial charge in [0, 0.05) is 37.2 Å². The zero-order valence-electron chi connectivity index (χ0n) is 15.9. The summed E-state index contributed by atoms with van der Waals surface area (Å²) in [4.78, 5) is 15.1. The van der Waals surface area contributed by atoms with Gasteiger partial charge in [-0.05, 0) is 37.9 Å². The standard InChI is InChI=1S/C20H22N6O2/c1-23(2)9-10-24(14-17-5-3-16(12-21)4-6-17)15-25-20-11-19(26(27)28)8-7-18(20)13-22-25/h3-8,11,13H,9-10,14-15H2,1-2H3. The van der Waals surface area contributed by atoms with Crippen LogP contribution >= 0.6 is 0 Å². The number of nitro benzene ring substituents is 1. The van der Waals surface area contributed by atoms with Gasteiger partial charge in [-0.15, -0.1) is 0 Å². The molecule has 0 spiro atoms. The van der Waals surface area contributed by atoms with Crippen LogP contribution in [0.5, 0.6) is 0 Å². The average molecular weight is 378 g/mol. The molecule has 0 atom stereocenters. The van der Waals surface area contributed by atoms with Crippen molar-refractivity contribution in [2.24, 2.45) is 0 Å². The molecular formula is C20H22N6O2. The lowest BCUT2D eigenvalue weighted by Gasteiger charge is -2.24. The Labute approximate surface area is 163 Å². The van der Waals surface area contributed by atoms with E-state index in [0.29, 0.717) is 18.8 Å². The van der Waals surface area contributed by atoms with Crippen LogP contribution in [0.1, 0.15) is 11.1 Å². The van der Waals surface area contributed by atoms with Gasteiger partial charge >= 0.3 is 0 Å². The molecule has 0 saturated heterocycles. The first-order valence-corrected chi connectivity index (χ1v) is 8.92. The van der Waals surface area contributed by atoms with Gasteiger partial charge in [-0.2, -0.15) is 10.4 Å². The molecule has 144 valence electrons. The summed E-state index contributed by atoms with van der Waals surface area (Å²) in [7, 11) is 4.04. The molecule has 0 aliphatic carbocycles. The Bertz CT molecular complexity index is 1000. The van der Waals surface area contributed by atoms with E-state index in [4.69, 9.17) is 5.26 Å². The maximum absolute atomic E-state index is 11.1. The highest BCUT2D eigenvalue weighted by Crippen LogP contribution is 2.21. The zero-order chi connectivity index (χ0) is 20.1. The Morgan fingerprint density at radius 3 is 2.57 bits per heavy atom. The van der Waals surface area contributed by atoms with Gasteiger partial charge in [0.15, 0.2) is 0 Å². The molecular weight excluding hydrogens is 356 g/mol. The minimum Gasteiger partial charge on any atom is -0.308 e. The normalized spacial score (nSPS) is 11.2. The summed E-state index contributed by atoms with van der Waals surface area (Å²) in [5.41, 5.74) is 2.53. The molecule has 0 aliphatic heterocycles. The summed E-state index contributed by atoms with van der Waals surface area (Å²) in [6.07, 6.45) is 1.73. The van der Waals surface area contributed by atoms with Crippen LogP contribution in [0.4, 0.5) is 5.69 Å². The number of benzene rings is 2. The van der Waals surface area contributed by atoms with E-state index >= 15 is 0 Å². The minimum atomic E-state index is -0.392. The topological polar surface area (TPSA) is 91.2 Å². The Kier molecular flexibility index (Phi) is 5.99. The molecule has 8 heteroatoms.